The molecule has 18 heavy (non-hydrogen) atoms. The van der Waals surface area contributed by atoms with Crippen LogP contribution in [0.5, 0.6) is 0 Å². The van der Waals surface area contributed by atoms with Crippen LogP contribution >= 0.6 is 0 Å². The molecule has 0 aromatic carbocycles. The van der Waals surface area contributed by atoms with Crippen molar-refractivity contribution in [3.05, 3.63) is 12.0 Å². The Bertz CT molecular complexity index is 481. The molecular formula is C11H22N4O2S. The van der Waals surface area contributed by atoms with Crippen LogP contribution in [-0.4, -0.2) is 31.1 Å². The van der Waals surface area contributed by atoms with E-state index in [0.29, 0.717) is 18.9 Å². The maximum Gasteiger partial charge on any atom is 0.259 e. The van der Waals surface area contributed by atoms with E-state index >= 15 is 0 Å². The molecule has 0 aliphatic carbocycles. The first kappa shape index (κ1) is 15.1. The summed E-state index contributed by atoms with van der Waals surface area (Å²) >= 11 is 0. The zero-order valence-electron chi connectivity index (χ0n) is 11.2. The van der Waals surface area contributed by atoms with Crippen LogP contribution in [0.1, 0.15) is 26.1 Å². The lowest BCUT2D eigenvalue weighted by Gasteiger charge is -2.08. The first-order chi connectivity index (χ1) is 8.40. The van der Waals surface area contributed by atoms with E-state index in [1.54, 1.807) is 13.1 Å². The normalized spacial score (nSPS) is 13.8. The number of rotatable bonds is 7. The Morgan fingerprint density at radius 2 is 2.22 bits per heavy atom. The molecule has 6 nitrogen and oxygen atoms in total. The maximum absolute atomic E-state index is 12.0. The van der Waals surface area contributed by atoms with Gasteiger partial charge in [0, 0.05) is 19.3 Å². The summed E-state index contributed by atoms with van der Waals surface area (Å²) in [5, 5.41) is 0.0812. The smallest absolute Gasteiger partial charge is 0.259 e. The highest BCUT2D eigenvalue weighted by molar-refractivity contribution is 7.89. The average molecular weight is 274 g/mol. The Morgan fingerprint density at radius 1 is 1.56 bits per heavy atom. The standard InChI is InChI=1S/C11H22N4O2S/c1-4-5-15-8-11(14-10(15)3)18(16,17)13-7-9(2)6-12/h8-9,13H,4-7,12H2,1-3H3. The van der Waals surface area contributed by atoms with Crippen molar-refractivity contribution in [2.75, 3.05) is 13.1 Å². The fraction of sp³-hybridized carbons (Fsp3) is 0.727. The number of hydrogen-bond donors (Lipinski definition) is 2. The molecule has 104 valence electrons. The van der Waals surface area contributed by atoms with E-state index in [-0.39, 0.29) is 10.9 Å². The quantitative estimate of drug-likeness (QED) is 0.756. The van der Waals surface area contributed by atoms with Crippen LogP contribution in [0.25, 0.3) is 0 Å². The molecule has 0 saturated heterocycles. The minimum atomic E-state index is -3.52. The van der Waals surface area contributed by atoms with E-state index in [0.717, 1.165) is 13.0 Å². The van der Waals surface area contributed by atoms with Crippen LogP contribution in [-0.2, 0) is 16.6 Å². The number of sulfonamides is 1. The van der Waals surface area contributed by atoms with Gasteiger partial charge in [-0.15, -0.1) is 0 Å². The monoisotopic (exact) mass is 274 g/mol. The third kappa shape index (κ3) is 3.79. The fourth-order valence-electron chi connectivity index (χ4n) is 1.49. The van der Waals surface area contributed by atoms with Crippen LogP contribution in [0.15, 0.2) is 11.2 Å². The lowest BCUT2D eigenvalue weighted by molar-refractivity contribution is 0.542. The van der Waals surface area contributed by atoms with E-state index in [9.17, 15) is 8.42 Å². The summed E-state index contributed by atoms with van der Waals surface area (Å²) in [7, 11) is -3.52. The van der Waals surface area contributed by atoms with Gasteiger partial charge in [0.15, 0.2) is 5.03 Å². The predicted molar refractivity (Wildman–Crippen MR) is 70.7 cm³/mol. The number of imidazole rings is 1. The summed E-state index contributed by atoms with van der Waals surface area (Å²) in [5.41, 5.74) is 5.45. The molecular weight excluding hydrogens is 252 g/mol. The third-order valence-electron chi connectivity index (χ3n) is 2.72. The second kappa shape index (κ2) is 6.31. The molecule has 1 aromatic rings. The van der Waals surface area contributed by atoms with Crippen LogP contribution in [0.3, 0.4) is 0 Å². The van der Waals surface area contributed by atoms with Crippen molar-refractivity contribution in [1.82, 2.24) is 14.3 Å². The first-order valence-electron chi connectivity index (χ1n) is 6.14. The van der Waals surface area contributed by atoms with Crippen molar-refractivity contribution in [3.63, 3.8) is 0 Å². The minimum absolute atomic E-state index is 0.0812. The fourth-order valence-corrected chi connectivity index (χ4v) is 2.66. The Morgan fingerprint density at radius 3 is 2.78 bits per heavy atom. The Balaban J connectivity index is 2.82. The predicted octanol–water partition coefficient (Wildman–Crippen LogP) is 0.475. The topological polar surface area (TPSA) is 90.0 Å². The molecule has 1 unspecified atom stereocenters. The lowest BCUT2D eigenvalue weighted by atomic mass is 10.2. The average Bonchev–Trinajstić information content (AvgIpc) is 2.69. The van der Waals surface area contributed by atoms with Gasteiger partial charge in [-0.1, -0.05) is 13.8 Å². The van der Waals surface area contributed by atoms with Crippen molar-refractivity contribution in [2.24, 2.45) is 11.7 Å². The van der Waals surface area contributed by atoms with Crippen molar-refractivity contribution in [2.45, 2.75) is 38.8 Å². The van der Waals surface area contributed by atoms with Gasteiger partial charge in [-0.05, 0) is 25.8 Å². The highest BCUT2D eigenvalue weighted by Gasteiger charge is 2.19. The molecule has 0 amide bonds. The van der Waals surface area contributed by atoms with Crippen molar-refractivity contribution < 1.29 is 8.42 Å². The van der Waals surface area contributed by atoms with Crippen molar-refractivity contribution in [3.8, 4) is 0 Å². The largest absolute Gasteiger partial charge is 0.334 e. The molecule has 1 aromatic heterocycles. The molecule has 0 aliphatic rings. The number of nitrogens with zero attached hydrogens (tertiary/aromatic N) is 2. The van der Waals surface area contributed by atoms with Crippen LogP contribution in [0.2, 0.25) is 0 Å². The Kier molecular flexibility index (Phi) is 5.30. The van der Waals surface area contributed by atoms with E-state index in [1.807, 2.05) is 18.4 Å². The van der Waals surface area contributed by atoms with Crippen LogP contribution in [0, 0.1) is 12.8 Å². The zero-order chi connectivity index (χ0) is 13.8. The first-order valence-corrected chi connectivity index (χ1v) is 7.62. The lowest BCUT2D eigenvalue weighted by Crippen LogP contribution is -2.31. The highest BCUT2D eigenvalue weighted by atomic mass is 32.2. The molecule has 0 bridgehead atoms. The SMILES string of the molecule is CCCn1cc(S(=O)(=O)NCC(C)CN)nc1C. The van der Waals surface area contributed by atoms with Crippen LogP contribution in [0.4, 0.5) is 0 Å². The van der Waals surface area contributed by atoms with Gasteiger partial charge in [0.25, 0.3) is 10.0 Å². The Hall–Kier alpha value is -0.920. The van der Waals surface area contributed by atoms with Gasteiger partial charge in [-0.3, -0.25) is 0 Å². The van der Waals surface area contributed by atoms with Gasteiger partial charge in [-0.2, -0.15) is 0 Å². The molecule has 3 N–H and O–H groups in total. The van der Waals surface area contributed by atoms with E-state index < -0.39 is 10.0 Å². The molecule has 1 atom stereocenters. The van der Waals surface area contributed by atoms with Gasteiger partial charge in [-0.25, -0.2) is 18.1 Å². The number of nitrogens with one attached hydrogen (secondary N) is 1. The summed E-state index contributed by atoms with van der Waals surface area (Å²) in [6.45, 7) is 7.29. The summed E-state index contributed by atoms with van der Waals surface area (Å²) in [5.74, 6) is 0.822. The highest BCUT2D eigenvalue weighted by Crippen LogP contribution is 2.09. The molecule has 1 heterocycles. The second-order valence-electron chi connectivity index (χ2n) is 4.51. The summed E-state index contributed by atoms with van der Waals surface area (Å²) in [4.78, 5) is 4.09. The van der Waals surface area contributed by atoms with E-state index in [1.165, 1.54) is 0 Å². The van der Waals surface area contributed by atoms with Crippen molar-refractivity contribution in [1.29, 1.82) is 0 Å². The molecule has 0 spiro atoms. The Labute approximate surface area is 109 Å². The van der Waals surface area contributed by atoms with Gasteiger partial charge in [0.1, 0.15) is 5.82 Å². The molecule has 0 fully saturated rings. The van der Waals surface area contributed by atoms with Gasteiger partial charge < -0.3 is 10.3 Å². The number of aryl methyl sites for hydroxylation is 2. The van der Waals surface area contributed by atoms with E-state index in [4.69, 9.17) is 5.73 Å². The summed E-state index contributed by atoms with van der Waals surface area (Å²) < 4.78 is 28.4. The number of hydrogen-bond acceptors (Lipinski definition) is 4. The summed E-state index contributed by atoms with van der Waals surface area (Å²) in [6, 6.07) is 0. The zero-order valence-corrected chi connectivity index (χ0v) is 12.0. The number of nitrogens with two attached hydrogens (primary N) is 1. The van der Waals surface area contributed by atoms with Crippen molar-refractivity contribution >= 4 is 10.0 Å². The molecule has 0 radical (unpaired) electrons. The molecule has 0 saturated carbocycles. The molecule has 0 aliphatic heterocycles. The molecule has 1 rings (SSSR count). The van der Waals surface area contributed by atoms with Crippen LogP contribution < -0.4 is 10.5 Å². The number of aromatic nitrogens is 2. The second-order valence-corrected chi connectivity index (χ2v) is 6.23. The van der Waals surface area contributed by atoms with Gasteiger partial charge in [0.2, 0.25) is 0 Å². The molecule has 7 heteroatoms. The minimum Gasteiger partial charge on any atom is -0.334 e. The van der Waals surface area contributed by atoms with Gasteiger partial charge in [0.05, 0.1) is 0 Å². The van der Waals surface area contributed by atoms with E-state index in [2.05, 4.69) is 9.71 Å². The van der Waals surface area contributed by atoms with Gasteiger partial charge >= 0.3 is 0 Å². The maximum atomic E-state index is 12.0. The summed E-state index contributed by atoms with van der Waals surface area (Å²) in [6.07, 6.45) is 2.52. The third-order valence-corrected chi connectivity index (χ3v) is 4.01.